The van der Waals surface area contributed by atoms with Gasteiger partial charge in [0, 0.05) is 25.7 Å². The molecule has 0 saturated carbocycles. The first-order chi connectivity index (χ1) is 8.07. The number of rotatable bonds is 2. The van der Waals surface area contributed by atoms with E-state index in [2.05, 4.69) is 10.6 Å². The van der Waals surface area contributed by atoms with Crippen LogP contribution in [-0.2, 0) is 0 Å². The normalized spacial score (nSPS) is 32.6. The molecule has 0 aromatic carbocycles. The molecule has 2 aliphatic rings. The van der Waals surface area contributed by atoms with Crippen molar-refractivity contribution in [3.63, 3.8) is 0 Å². The fourth-order valence-electron chi connectivity index (χ4n) is 2.67. The van der Waals surface area contributed by atoms with Gasteiger partial charge in [0.05, 0.1) is 0 Å². The molecule has 3 nitrogen and oxygen atoms in total. The zero-order valence-corrected chi connectivity index (χ0v) is 9.89. The van der Waals surface area contributed by atoms with E-state index in [1.54, 1.807) is 4.90 Å². The van der Waals surface area contributed by atoms with E-state index in [1.807, 2.05) is 0 Å². The number of hydrogen-bond acceptors (Lipinski definition) is 3. The van der Waals surface area contributed by atoms with Crippen molar-refractivity contribution in [1.29, 1.82) is 0 Å². The van der Waals surface area contributed by atoms with Crippen molar-refractivity contribution in [2.24, 2.45) is 0 Å². The van der Waals surface area contributed by atoms with Gasteiger partial charge in [-0.15, -0.1) is 0 Å². The molecule has 0 amide bonds. The Morgan fingerprint density at radius 3 is 2.65 bits per heavy atom. The molecule has 0 aliphatic carbocycles. The second-order valence-electron chi connectivity index (χ2n) is 4.90. The van der Waals surface area contributed by atoms with Crippen LogP contribution in [0.3, 0.4) is 0 Å². The smallest absolute Gasteiger partial charge is 0.315 e. The topological polar surface area (TPSA) is 27.3 Å². The van der Waals surface area contributed by atoms with Crippen molar-refractivity contribution >= 4 is 0 Å². The van der Waals surface area contributed by atoms with Gasteiger partial charge < -0.3 is 10.6 Å². The first-order valence-electron chi connectivity index (χ1n) is 6.32. The standard InChI is InChI=1S/C11H20F3N3/c12-11(13,14)10-7-15-4-2-6-17(10)8-9-3-1-5-16-9/h9-10,15-16H,1-8H2. The molecule has 2 heterocycles. The van der Waals surface area contributed by atoms with E-state index in [0.29, 0.717) is 19.6 Å². The highest BCUT2D eigenvalue weighted by Gasteiger charge is 2.44. The van der Waals surface area contributed by atoms with E-state index in [9.17, 15) is 13.2 Å². The predicted molar refractivity (Wildman–Crippen MR) is 59.9 cm³/mol. The van der Waals surface area contributed by atoms with Gasteiger partial charge in [-0.3, -0.25) is 4.90 Å². The van der Waals surface area contributed by atoms with E-state index < -0.39 is 12.2 Å². The van der Waals surface area contributed by atoms with E-state index in [1.165, 1.54) is 0 Å². The van der Waals surface area contributed by atoms with Gasteiger partial charge >= 0.3 is 6.18 Å². The lowest BCUT2D eigenvalue weighted by molar-refractivity contribution is -0.181. The van der Waals surface area contributed by atoms with Crippen molar-refractivity contribution in [2.45, 2.75) is 37.5 Å². The second kappa shape index (κ2) is 5.54. The largest absolute Gasteiger partial charge is 0.405 e. The maximum Gasteiger partial charge on any atom is 0.405 e. The molecule has 2 fully saturated rings. The van der Waals surface area contributed by atoms with E-state index >= 15 is 0 Å². The van der Waals surface area contributed by atoms with Crippen LogP contribution in [0.2, 0.25) is 0 Å². The third-order valence-electron chi connectivity index (χ3n) is 3.57. The van der Waals surface area contributed by atoms with Crippen molar-refractivity contribution in [1.82, 2.24) is 15.5 Å². The van der Waals surface area contributed by atoms with Crippen LogP contribution >= 0.6 is 0 Å². The van der Waals surface area contributed by atoms with E-state index in [4.69, 9.17) is 0 Å². The summed E-state index contributed by atoms with van der Waals surface area (Å²) in [5, 5.41) is 6.14. The van der Waals surface area contributed by atoms with Crippen LogP contribution in [0.15, 0.2) is 0 Å². The third kappa shape index (κ3) is 3.56. The fourth-order valence-corrected chi connectivity index (χ4v) is 2.67. The number of hydrogen-bond donors (Lipinski definition) is 2. The molecule has 6 heteroatoms. The molecule has 0 aromatic rings. The summed E-state index contributed by atoms with van der Waals surface area (Å²) in [5.41, 5.74) is 0. The van der Waals surface area contributed by atoms with Crippen LogP contribution in [0, 0.1) is 0 Å². The summed E-state index contributed by atoms with van der Waals surface area (Å²) in [6, 6.07) is -1.09. The highest BCUT2D eigenvalue weighted by Crippen LogP contribution is 2.26. The molecule has 0 radical (unpaired) electrons. The number of nitrogens with one attached hydrogen (secondary N) is 2. The Kier molecular flexibility index (Phi) is 4.27. The van der Waals surface area contributed by atoms with Crippen LogP contribution in [0.1, 0.15) is 19.3 Å². The molecular weight excluding hydrogens is 231 g/mol. The lowest BCUT2D eigenvalue weighted by atomic mass is 10.1. The van der Waals surface area contributed by atoms with Crippen LogP contribution in [0.4, 0.5) is 13.2 Å². The number of nitrogens with zero attached hydrogens (tertiary/aromatic N) is 1. The Hall–Kier alpha value is -0.330. The lowest BCUT2D eigenvalue weighted by Gasteiger charge is -2.33. The molecule has 17 heavy (non-hydrogen) atoms. The Morgan fingerprint density at radius 1 is 1.18 bits per heavy atom. The molecule has 2 N–H and O–H groups in total. The summed E-state index contributed by atoms with van der Waals surface area (Å²) in [5.74, 6) is 0. The minimum atomic E-state index is -4.13. The molecule has 2 saturated heterocycles. The highest BCUT2D eigenvalue weighted by molar-refractivity contribution is 4.87. The van der Waals surface area contributed by atoms with Crippen molar-refractivity contribution in [3.05, 3.63) is 0 Å². The summed E-state index contributed by atoms with van der Waals surface area (Å²) in [7, 11) is 0. The van der Waals surface area contributed by atoms with Crippen LogP contribution in [-0.4, -0.2) is 55.9 Å². The Labute approximate surface area is 99.7 Å². The van der Waals surface area contributed by atoms with Gasteiger partial charge in [0.2, 0.25) is 0 Å². The zero-order valence-electron chi connectivity index (χ0n) is 9.89. The van der Waals surface area contributed by atoms with Gasteiger partial charge in [0.15, 0.2) is 0 Å². The lowest BCUT2D eigenvalue weighted by Crippen LogP contribution is -2.52. The molecule has 0 aromatic heterocycles. The predicted octanol–water partition coefficient (Wildman–Crippen LogP) is 0.965. The molecule has 2 aliphatic heterocycles. The molecule has 0 bridgehead atoms. The number of halogens is 3. The SMILES string of the molecule is FC(F)(F)C1CNCCCN1CC1CCCN1. The Bertz CT molecular complexity index is 239. The zero-order chi connectivity index (χ0) is 12.3. The third-order valence-corrected chi connectivity index (χ3v) is 3.57. The van der Waals surface area contributed by atoms with E-state index in [0.717, 1.165) is 25.8 Å². The summed E-state index contributed by atoms with van der Waals surface area (Å²) in [6.45, 7) is 2.70. The highest BCUT2D eigenvalue weighted by atomic mass is 19.4. The van der Waals surface area contributed by atoms with Crippen LogP contribution in [0.5, 0.6) is 0 Å². The summed E-state index contributed by atoms with van der Waals surface area (Å²) < 4.78 is 38.8. The van der Waals surface area contributed by atoms with Gasteiger partial charge in [-0.1, -0.05) is 0 Å². The quantitative estimate of drug-likeness (QED) is 0.765. The minimum absolute atomic E-state index is 0.0240. The Balaban J connectivity index is 1.98. The second-order valence-corrected chi connectivity index (χ2v) is 4.90. The molecule has 2 rings (SSSR count). The maximum atomic E-state index is 12.9. The first kappa shape index (κ1) is 13.1. The van der Waals surface area contributed by atoms with E-state index in [-0.39, 0.29) is 12.6 Å². The summed E-state index contributed by atoms with van der Waals surface area (Å²) in [6.07, 6.45) is -1.27. The minimum Gasteiger partial charge on any atom is -0.315 e. The molecule has 0 spiro atoms. The van der Waals surface area contributed by atoms with Crippen LogP contribution < -0.4 is 10.6 Å². The van der Waals surface area contributed by atoms with Gasteiger partial charge in [0.25, 0.3) is 0 Å². The number of alkyl halides is 3. The first-order valence-corrected chi connectivity index (χ1v) is 6.32. The Morgan fingerprint density at radius 2 is 2.00 bits per heavy atom. The van der Waals surface area contributed by atoms with Crippen LogP contribution in [0.25, 0.3) is 0 Å². The average molecular weight is 251 g/mol. The van der Waals surface area contributed by atoms with Gasteiger partial charge in [-0.25, -0.2) is 0 Å². The monoisotopic (exact) mass is 251 g/mol. The fraction of sp³-hybridized carbons (Fsp3) is 1.00. The van der Waals surface area contributed by atoms with Crippen molar-refractivity contribution in [3.8, 4) is 0 Å². The van der Waals surface area contributed by atoms with Gasteiger partial charge in [-0.2, -0.15) is 13.2 Å². The maximum absolute atomic E-state index is 12.9. The molecular formula is C11H20F3N3. The van der Waals surface area contributed by atoms with Crippen molar-refractivity contribution < 1.29 is 13.2 Å². The van der Waals surface area contributed by atoms with Gasteiger partial charge in [0.1, 0.15) is 6.04 Å². The average Bonchev–Trinajstić information content (AvgIpc) is 2.61. The summed E-state index contributed by atoms with van der Waals surface area (Å²) in [4.78, 5) is 1.60. The van der Waals surface area contributed by atoms with Crippen molar-refractivity contribution in [2.75, 3.05) is 32.7 Å². The summed E-state index contributed by atoms with van der Waals surface area (Å²) >= 11 is 0. The molecule has 2 atom stereocenters. The molecule has 2 unspecified atom stereocenters. The molecule has 100 valence electrons. The van der Waals surface area contributed by atoms with Gasteiger partial charge in [-0.05, 0) is 32.4 Å².